The SMILES string of the molecule is CCc1nncn1CCNC(=NCc1cccs1)NCC1CCCCO1. The summed E-state index contributed by atoms with van der Waals surface area (Å²) in [5, 5.41) is 17.1. The average Bonchev–Trinajstić information content (AvgIpc) is 3.36. The highest BCUT2D eigenvalue weighted by atomic mass is 32.1. The van der Waals surface area contributed by atoms with Gasteiger partial charge < -0.3 is 19.9 Å². The summed E-state index contributed by atoms with van der Waals surface area (Å²) >= 11 is 1.73. The fourth-order valence-corrected chi connectivity index (χ4v) is 3.58. The first-order valence-corrected chi connectivity index (χ1v) is 10.3. The number of nitrogens with one attached hydrogen (secondary N) is 2. The number of hydrogen-bond donors (Lipinski definition) is 2. The Kier molecular flexibility index (Phi) is 7.45. The number of aromatic nitrogens is 3. The van der Waals surface area contributed by atoms with Gasteiger partial charge >= 0.3 is 0 Å². The van der Waals surface area contributed by atoms with Gasteiger partial charge in [-0.25, -0.2) is 4.99 Å². The van der Waals surface area contributed by atoms with Crippen LogP contribution in [0.2, 0.25) is 0 Å². The molecule has 0 saturated carbocycles. The molecule has 0 spiro atoms. The van der Waals surface area contributed by atoms with Gasteiger partial charge in [0.05, 0.1) is 12.6 Å². The van der Waals surface area contributed by atoms with Crippen LogP contribution in [-0.4, -0.2) is 46.5 Å². The van der Waals surface area contributed by atoms with E-state index >= 15 is 0 Å². The fraction of sp³-hybridized carbons (Fsp3) is 0.611. The Morgan fingerprint density at radius 3 is 3.15 bits per heavy atom. The highest BCUT2D eigenvalue weighted by Gasteiger charge is 2.14. The summed E-state index contributed by atoms with van der Waals surface area (Å²) in [6, 6.07) is 4.17. The van der Waals surface area contributed by atoms with Gasteiger partial charge in [-0.1, -0.05) is 13.0 Å². The first kappa shape index (κ1) is 18.8. The van der Waals surface area contributed by atoms with Crippen molar-refractivity contribution in [2.45, 2.75) is 51.8 Å². The first-order valence-electron chi connectivity index (χ1n) is 9.38. The van der Waals surface area contributed by atoms with Crippen molar-refractivity contribution in [3.05, 3.63) is 34.5 Å². The number of hydrogen-bond acceptors (Lipinski definition) is 5. The lowest BCUT2D eigenvalue weighted by molar-refractivity contribution is 0.0194. The van der Waals surface area contributed by atoms with Crippen LogP contribution in [-0.2, 0) is 24.2 Å². The van der Waals surface area contributed by atoms with Gasteiger partial charge in [-0.05, 0) is 30.7 Å². The zero-order valence-corrected chi connectivity index (χ0v) is 16.2. The monoisotopic (exact) mass is 376 g/mol. The van der Waals surface area contributed by atoms with Gasteiger partial charge in [-0.15, -0.1) is 21.5 Å². The number of guanidine groups is 1. The maximum Gasteiger partial charge on any atom is 0.191 e. The van der Waals surface area contributed by atoms with E-state index in [2.05, 4.69) is 49.8 Å². The van der Waals surface area contributed by atoms with Gasteiger partial charge in [-0.2, -0.15) is 0 Å². The van der Waals surface area contributed by atoms with Crippen LogP contribution in [0.3, 0.4) is 0 Å². The van der Waals surface area contributed by atoms with Crippen molar-refractivity contribution in [3.8, 4) is 0 Å². The number of nitrogens with zero attached hydrogens (tertiary/aromatic N) is 4. The van der Waals surface area contributed by atoms with Gasteiger partial charge in [0, 0.05) is 37.5 Å². The molecule has 0 bridgehead atoms. The molecule has 0 aromatic carbocycles. The van der Waals surface area contributed by atoms with Crippen LogP contribution in [0.1, 0.15) is 36.9 Å². The molecule has 1 fully saturated rings. The normalized spacial score (nSPS) is 18.0. The minimum atomic E-state index is 0.280. The molecule has 26 heavy (non-hydrogen) atoms. The van der Waals surface area contributed by atoms with E-state index in [0.717, 1.165) is 50.9 Å². The molecule has 2 N–H and O–H groups in total. The number of rotatable bonds is 8. The van der Waals surface area contributed by atoms with Crippen molar-refractivity contribution in [1.29, 1.82) is 0 Å². The minimum absolute atomic E-state index is 0.280. The Morgan fingerprint density at radius 2 is 2.38 bits per heavy atom. The lowest BCUT2D eigenvalue weighted by Gasteiger charge is -2.24. The molecule has 8 heteroatoms. The number of ether oxygens (including phenoxy) is 1. The molecule has 1 atom stereocenters. The Hall–Kier alpha value is -1.93. The van der Waals surface area contributed by atoms with Gasteiger partial charge in [0.1, 0.15) is 12.2 Å². The maximum absolute atomic E-state index is 5.81. The van der Waals surface area contributed by atoms with Crippen LogP contribution < -0.4 is 10.6 Å². The third kappa shape index (κ3) is 5.81. The zero-order valence-electron chi connectivity index (χ0n) is 15.4. The minimum Gasteiger partial charge on any atom is -0.376 e. The topological polar surface area (TPSA) is 76.4 Å². The average molecular weight is 377 g/mol. The predicted octanol–water partition coefficient (Wildman–Crippen LogP) is 2.21. The summed E-state index contributed by atoms with van der Waals surface area (Å²) in [4.78, 5) is 5.98. The van der Waals surface area contributed by atoms with Gasteiger partial charge in [0.15, 0.2) is 5.96 Å². The van der Waals surface area contributed by atoms with Crippen molar-refractivity contribution in [3.63, 3.8) is 0 Å². The predicted molar refractivity (Wildman–Crippen MR) is 104 cm³/mol. The van der Waals surface area contributed by atoms with Crippen molar-refractivity contribution in [2.75, 3.05) is 19.7 Å². The summed E-state index contributed by atoms with van der Waals surface area (Å²) in [7, 11) is 0. The molecule has 1 saturated heterocycles. The van der Waals surface area contributed by atoms with Crippen molar-refractivity contribution >= 4 is 17.3 Å². The highest BCUT2D eigenvalue weighted by Crippen LogP contribution is 2.12. The molecule has 142 valence electrons. The standard InChI is InChI=1S/C18H28N6OS/c1-2-17-23-22-14-24(17)9-8-19-18(21-13-16-7-5-11-26-16)20-12-15-6-3-4-10-25-15/h5,7,11,14-15H,2-4,6,8-10,12-13H2,1H3,(H2,19,20,21). The largest absolute Gasteiger partial charge is 0.376 e. The Morgan fingerprint density at radius 1 is 1.42 bits per heavy atom. The van der Waals surface area contributed by atoms with E-state index in [1.54, 1.807) is 17.7 Å². The first-order chi connectivity index (χ1) is 12.8. The Labute approximate surface area is 158 Å². The Bertz CT molecular complexity index is 663. The molecule has 3 rings (SSSR count). The van der Waals surface area contributed by atoms with Gasteiger partial charge in [0.25, 0.3) is 0 Å². The fourth-order valence-electron chi connectivity index (χ4n) is 2.95. The lowest BCUT2D eigenvalue weighted by atomic mass is 10.1. The third-order valence-corrected chi connectivity index (χ3v) is 5.26. The molecule has 1 aliphatic heterocycles. The van der Waals surface area contributed by atoms with Crippen LogP contribution in [0.5, 0.6) is 0 Å². The second kappa shape index (κ2) is 10.3. The zero-order chi connectivity index (χ0) is 18.0. The molecule has 1 unspecified atom stereocenters. The molecule has 0 radical (unpaired) electrons. The number of thiophene rings is 1. The van der Waals surface area contributed by atoms with Gasteiger partial charge in [-0.3, -0.25) is 0 Å². The van der Waals surface area contributed by atoms with Crippen LogP contribution in [0.15, 0.2) is 28.8 Å². The van der Waals surface area contributed by atoms with Crippen molar-refractivity contribution < 1.29 is 4.74 Å². The van der Waals surface area contributed by atoms with Crippen LogP contribution in [0, 0.1) is 0 Å². The van der Waals surface area contributed by atoms with E-state index in [9.17, 15) is 0 Å². The molecular weight excluding hydrogens is 348 g/mol. The summed E-state index contributed by atoms with van der Waals surface area (Å²) in [6.45, 7) is 6.03. The third-order valence-electron chi connectivity index (χ3n) is 4.40. The van der Waals surface area contributed by atoms with Crippen molar-refractivity contribution in [2.24, 2.45) is 4.99 Å². The molecule has 1 aliphatic rings. The summed E-state index contributed by atoms with van der Waals surface area (Å²) in [5.74, 6) is 1.84. The van der Waals surface area contributed by atoms with E-state index in [1.807, 2.05) is 0 Å². The number of aryl methyl sites for hydroxylation is 1. The highest BCUT2D eigenvalue weighted by molar-refractivity contribution is 7.09. The quantitative estimate of drug-likeness (QED) is 0.546. The molecule has 3 heterocycles. The second-order valence-corrected chi connectivity index (χ2v) is 7.37. The van der Waals surface area contributed by atoms with E-state index in [0.29, 0.717) is 6.54 Å². The summed E-state index contributed by atoms with van der Waals surface area (Å²) in [5.41, 5.74) is 0. The molecule has 0 aliphatic carbocycles. The smallest absolute Gasteiger partial charge is 0.191 e. The van der Waals surface area contributed by atoms with E-state index in [-0.39, 0.29) is 6.10 Å². The number of aliphatic imine (C=N–C) groups is 1. The summed E-state index contributed by atoms with van der Waals surface area (Å²) < 4.78 is 7.89. The molecule has 0 amide bonds. The van der Waals surface area contributed by atoms with Crippen LogP contribution >= 0.6 is 11.3 Å². The summed E-state index contributed by atoms with van der Waals surface area (Å²) in [6.07, 6.45) is 6.48. The van der Waals surface area contributed by atoms with E-state index in [1.165, 1.54) is 17.7 Å². The molecular formula is C18H28N6OS. The van der Waals surface area contributed by atoms with Crippen molar-refractivity contribution in [1.82, 2.24) is 25.4 Å². The molecule has 2 aromatic rings. The van der Waals surface area contributed by atoms with Crippen LogP contribution in [0.25, 0.3) is 0 Å². The Balaban J connectivity index is 1.52. The van der Waals surface area contributed by atoms with E-state index < -0.39 is 0 Å². The lowest BCUT2D eigenvalue weighted by Crippen LogP contribution is -2.43. The van der Waals surface area contributed by atoms with E-state index in [4.69, 9.17) is 9.73 Å². The molecule has 7 nitrogen and oxygen atoms in total. The van der Waals surface area contributed by atoms with Gasteiger partial charge in [0.2, 0.25) is 0 Å². The van der Waals surface area contributed by atoms with Crippen LogP contribution in [0.4, 0.5) is 0 Å². The maximum atomic E-state index is 5.81. The second-order valence-electron chi connectivity index (χ2n) is 6.33. The molecule has 2 aromatic heterocycles.